The van der Waals surface area contributed by atoms with Crippen LogP contribution in [0.4, 0.5) is 4.39 Å². The van der Waals surface area contributed by atoms with Gasteiger partial charge in [-0.1, -0.05) is 23.7 Å². The SMILES string of the molecule is COCCS(=O)(=O)C(c1nnc(CNS(N)(=O)=O)o1)c1nc2ccc(-c3ccc(Cl)c(F)c3)cc2s1. The second-order valence-corrected chi connectivity index (χ2v) is 12.6. The van der Waals surface area contributed by atoms with Crippen LogP contribution in [-0.4, -0.2) is 51.5 Å². The minimum Gasteiger partial charge on any atom is -0.422 e. The zero-order valence-corrected chi connectivity index (χ0v) is 21.7. The van der Waals surface area contributed by atoms with Gasteiger partial charge in [-0.25, -0.2) is 22.9 Å². The highest BCUT2D eigenvalue weighted by Crippen LogP contribution is 2.37. The summed E-state index contributed by atoms with van der Waals surface area (Å²) in [4.78, 5) is 4.47. The number of hydrogen-bond donors (Lipinski definition) is 2. The predicted molar refractivity (Wildman–Crippen MR) is 132 cm³/mol. The summed E-state index contributed by atoms with van der Waals surface area (Å²) in [5.74, 6) is -1.38. The number of nitrogens with one attached hydrogen (secondary N) is 1. The molecule has 0 aliphatic carbocycles. The molecule has 0 aliphatic rings. The molecular formula is C20H19ClFN5O6S3. The summed E-state index contributed by atoms with van der Waals surface area (Å²) in [5.41, 5.74) is 1.78. The van der Waals surface area contributed by atoms with E-state index >= 15 is 0 Å². The van der Waals surface area contributed by atoms with Crippen molar-refractivity contribution in [2.75, 3.05) is 19.5 Å². The molecule has 0 aliphatic heterocycles. The Morgan fingerprint density at radius 3 is 2.58 bits per heavy atom. The fourth-order valence-corrected chi connectivity index (χ4v) is 6.65. The molecule has 0 bridgehead atoms. The summed E-state index contributed by atoms with van der Waals surface area (Å²) in [5, 5.41) is 11.2. The Morgan fingerprint density at radius 1 is 1.17 bits per heavy atom. The lowest BCUT2D eigenvalue weighted by molar-refractivity contribution is 0.217. The highest BCUT2D eigenvalue weighted by molar-refractivity contribution is 7.92. The molecule has 192 valence electrons. The second kappa shape index (κ2) is 10.5. The molecule has 4 rings (SSSR count). The van der Waals surface area contributed by atoms with E-state index < -0.39 is 37.7 Å². The number of fused-ring (bicyclic) bond motifs is 1. The smallest absolute Gasteiger partial charge is 0.274 e. The maximum absolute atomic E-state index is 13.9. The van der Waals surface area contributed by atoms with E-state index in [0.717, 1.165) is 11.3 Å². The number of hydrogen-bond acceptors (Lipinski definition) is 10. The van der Waals surface area contributed by atoms with Gasteiger partial charge in [0.05, 0.1) is 34.1 Å². The molecule has 0 spiro atoms. The van der Waals surface area contributed by atoms with Gasteiger partial charge in [0.1, 0.15) is 10.8 Å². The van der Waals surface area contributed by atoms with Gasteiger partial charge in [-0.15, -0.1) is 21.5 Å². The number of sulfone groups is 1. The average molecular weight is 576 g/mol. The molecule has 36 heavy (non-hydrogen) atoms. The van der Waals surface area contributed by atoms with Crippen LogP contribution in [-0.2, 0) is 31.3 Å². The molecule has 3 N–H and O–H groups in total. The summed E-state index contributed by atoms with van der Waals surface area (Å²) in [6.45, 7) is -0.499. The number of nitrogens with zero attached hydrogens (tertiary/aromatic N) is 3. The summed E-state index contributed by atoms with van der Waals surface area (Å²) >= 11 is 6.87. The Morgan fingerprint density at radius 2 is 1.89 bits per heavy atom. The van der Waals surface area contributed by atoms with Crippen LogP contribution in [0.15, 0.2) is 40.8 Å². The summed E-state index contributed by atoms with van der Waals surface area (Å²) < 4.78 is 75.7. The van der Waals surface area contributed by atoms with Crippen LogP contribution < -0.4 is 9.86 Å². The number of ether oxygens (including phenoxy) is 1. The van der Waals surface area contributed by atoms with E-state index in [-0.39, 0.29) is 34.2 Å². The maximum atomic E-state index is 13.9. The van der Waals surface area contributed by atoms with E-state index in [0.29, 0.717) is 21.3 Å². The minimum absolute atomic E-state index is 0.00204. The number of methoxy groups -OCH3 is 1. The number of benzene rings is 2. The van der Waals surface area contributed by atoms with E-state index in [1.54, 1.807) is 24.3 Å². The first-order valence-electron chi connectivity index (χ1n) is 10.1. The van der Waals surface area contributed by atoms with Crippen LogP contribution in [0.5, 0.6) is 0 Å². The predicted octanol–water partition coefficient (Wildman–Crippen LogP) is 2.58. The van der Waals surface area contributed by atoms with Crippen molar-refractivity contribution >= 4 is 53.2 Å². The Kier molecular flexibility index (Phi) is 7.70. The summed E-state index contributed by atoms with van der Waals surface area (Å²) in [6, 6.07) is 9.59. The second-order valence-electron chi connectivity index (χ2n) is 7.50. The molecule has 2 aromatic carbocycles. The van der Waals surface area contributed by atoms with Gasteiger partial charge in [0.25, 0.3) is 10.2 Å². The first kappa shape index (κ1) is 26.5. The minimum atomic E-state index is -4.03. The largest absolute Gasteiger partial charge is 0.422 e. The van der Waals surface area contributed by atoms with E-state index in [2.05, 4.69) is 15.2 Å². The molecule has 16 heteroatoms. The molecule has 2 aromatic heterocycles. The molecule has 0 radical (unpaired) electrons. The zero-order valence-electron chi connectivity index (χ0n) is 18.5. The number of halogens is 2. The van der Waals surface area contributed by atoms with Crippen LogP contribution in [0.2, 0.25) is 5.02 Å². The quantitative estimate of drug-likeness (QED) is 0.289. The van der Waals surface area contributed by atoms with Crippen molar-refractivity contribution < 1.29 is 30.4 Å². The number of nitrogens with two attached hydrogens (primary N) is 1. The van der Waals surface area contributed by atoms with Gasteiger partial charge in [-0.3, -0.25) is 0 Å². The fourth-order valence-electron chi connectivity index (χ4n) is 3.25. The monoisotopic (exact) mass is 575 g/mol. The average Bonchev–Trinajstić information content (AvgIpc) is 3.44. The number of rotatable bonds is 10. The molecule has 4 aromatic rings. The van der Waals surface area contributed by atoms with Crippen LogP contribution in [0, 0.1) is 5.82 Å². The van der Waals surface area contributed by atoms with Crippen molar-refractivity contribution in [3.63, 3.8) is 0 Å². The molecule has 0 amide bonds. The molecule has 11 nitrogen and oxygen atoms in total. The molecule has 1 atom stereocenters. The molecule has 0 saturated carbocycles. The normalized spacial score (nSPS) is 13.3. The highest BCUT2D eigenvalue weighted by atomic mass is 35.5. The van der Waals surface area contributed by atoms with Crippen LogP contribution >= 0.6 is 22.9 Å². The lowest BCUT2D eigenvalue weighted by atomic mass is 10.1. The van der Waals surface area contributed by atoms with Gasteiger partial charge in [0.15, 0.2) is 15.1 Å². The Labute approximate surface area is 214 Å². The third-order valence-electron chi connectivity index (χ3n) is 4.94. The lowest BCUT2D eigenvalue weighted by Crippen LogP contribution is -2.30. The van der Waals surface area contributed by atoms with E-state index in [1.807, 2.05) is 4.72 Å². The molecule has 0 saturated heterocycles. The van der Waals surface area contributed by atoms with Gasteiger partial charge >= 0.3 is 0 Å². The third-order valence-corrected chi connectivity index (χ3v) is 8.91. The zero-order chi connectivity index (χ0) is 26.1. The summed E-state index contributed by atoms with van der Waals surface area (Å²) in [7, 11) is -6.60. The highest BCUT2D eigenvalue weighted by Gasteiger charge is 2.36. The van der Waals surface area contributed by atoms with Gasteiger partial charge < -0.3 is 9.15 Å². The third kappa shape index (κ3) is 6.05. The fraction of sp³-hybridized carbons (Fsp3) is 0.250. The van der Waals surface area contributed by atoms with Crippen molar-refractivity contribution in [3.05, 3.63) is 64.0 Å². The van der Waals surface area contributed by atoms with Gasteiger partial charge in [0.2, 0.25) is 11.8 Å². The summed E-state index contributed by atoms with van der Waals surface area (Å²) in [6.07, 6.45) is 0. The topological polar surface area (TPSA) is 167 Å². The number of aromatic nitrogens is 3. The van der Waals surface area contributed by atoms with Gasteiger partial charge in [-0.2, -0.15) is 13.1 Å². The Balaban J connectivity index is 1.74. The van der Waals surface area contributed by atoms with Crippen LogP contribution in [0.3, 0.4) is 0 Å². The first-order chi connectivity index (χ1) is 17.0. The molecule has 2 heterocycles. The van der Waals surface area contributed by atoms with Crippen molar-refractivity contribution in [2.45, 2.75) is 11.8 Å². The first-order valence-corrected chi connectivity index (χ1v) is 14.6. The Hall–Kier alpha value is -2.53. The standard InChI is InChI=1S/C20H19ClFN5O6S3/c1-32-6-7-35(28,29)18(19-27-26-17(33-19)10-24-36(23,30)31)20-25-15-5-3-12(9-16(15)34-20)11-2-4-13(21)14(22)8-11/h2-5,8-9,18,24H,6-7,10H2,1H3,(H2,23,30,31). The number of thiazole rings is 1. The van der Waals surface area contributed by atoms with Crippen molar-refractivity contribution in [2.24, 2.45) is 5.14 Å². The maximum Gasteiger partial charge on any atom is 0.274 e. The van der Waals surface area contributed by atoms with Crippen molar-refractivity contribution in [1.29, 1.82) is 0 Å². The Bertz CT molecular complexity index is 1620. The molecule has 1 unspecified atom stereocenters. The van der Waals surface area contributed by atoms with Gasteiger partial charge in [0, 0.05) is 7.11 Å². The van der Waals surface area contributed by atoms with Crippen LogP contribution in [0.25, 0.3) is 21.3 Å². The van der Waals surface area contributed by atoms with E-state index in [1.165, 1.54) is 19.2 Å². The van der Waals surface area contributed by atoms with Crippen molar-refractivity contribution in [3.8, 4) is 11.1 Å². The lowest BCUT2D eigenvalue weighted by Gasteiger charge is -2.11. The van der Waals surface area contributed by atoms with Crippen LogP contribution in [0.1, 0.15) is 22.0 Å². The van der Waals surface area contributed by atoms with Crippen molar-refractivity contribution in [1.82, 2.24) is 19.9 Å². The van der Waals surface area contributed by atoms with Gasteiger partial charge in [-0.05, 0) is 35.4 Å². The van der Waals surface area contributed by atoms with E-state index in [4.69, 9.17) is 25.9 Å². The molecule has 0 fully saturated rings. The van der Waals surface area contributed by atoms with E-state index in [9.17, 15) is 21.2 Å². The molecular weight excluding hydrogens is 557 g/mol.